The molecule has 9 nitrogen and oxygen atoms in total. The van der Waals surface area contributed by atoms with Gasteiger partial charge < -0.3 is 15.5 Å². The molecule has 10 heteroatoms. The standard InChI is InChI=1S/C27H25FN8O/c1-35(2)10-4-7-26(37)34-25-13-22-23(15-29-25)30-17-31-27(22)33-21-8-9-24-19(12-21)14-32-36(24)16-18-5-3-6-20(28)11-18/h3-9,11-15,17H,10,16H2,1-2H3,(H,29,34,37)(H,30,31,33)/b7-4+. The van der Waals surface area contributed by atoms with Gasteiger partial charge in [0.2, 0.25) is 5.91 Å². The van der Waals surface area contributed by atoms with Crippen LogP contribution in [-0.4, -0.2) is 56.2 Å². The van der Waals surface area contributed by atoms with Crippen molar-refractivity contribution in [3.8, 4) is 0 Å². The molecule has 5 rings (SSSR count). The summed E-state index contributed by atoms with van der Waals surface area (Å²) in [6.45, 7) is 1.13. The maximum atomic E-state index is 13.6. The van der Waals surface area contributed by atoms with Gasteiger partial charge in [-0.1, -0.05) is 18.2 Å². The van der Waals surface area contributed by atoms with E-state index in [9.17, 15) is 9.18 Å². The van der Waals surface area contributed by atoms with E-state index < -0.39 is 0 Å². The van der Waals surface area contributed by atoms with Crippen LogP contribution in [0.2, 0.25) is 0 Å². The predicted octanol–water partition coefficient (Wildman–Crippen LogP) is 4.36. The van der Waals surface area contributed by atoms with E-state index in [0.717, 1.165) is 22.2 Å². The Morgan fingerprint density at radius 2 is 1.97 bits per heavy atom. The van der Waals surface area contributed by atoms with Crippen molar-refractivity contribution in [3.63, 3.8) is 0 Å². The number of carbonyl (C=O) groups excluding carboxylic acids is 1. The molecule has 0 bridgehead atoms. The fourth-order valence-corrected chi connectivity index (χ4v) is 3.90. The van der Waals surface area contributed by atoms with Gasteiger partial charge in [0.1, 0.15) is 23.8 Å². The number of fused-ring (bicyclic) bond motifs is 2. The van der Waals surface area contributed by atoms with Crippen molar-refractivity contribution in [2.45, 2.75) is 6.54 Å². The first-order chi connectivity index (χ1) is 17.9. The van der Waals surface area contributed by atoms with Gasteiger partial charge in [-0.05, 0) is 56.1 Å². The molecule has 0 fully saturated rings. The summed E-state index contributed by atoms with van der Waals surface area (Å²) in [6.07, 6.45) is 8.10. The van der Waals surface area contributed by atoms with Crippen molar-refractivity contribution in [1.29, 1.82) is 0 Å². The van der Waals surface area contributed by atoms with Gasteiger partial charge in [-0.3, -0.25) is 9.48 Å². The number of nitrogens with one attached hydrogen (secondary N) is 2. The largest absolute Gasteiger partial charge is 0.340 e. The maximum Gasteiger partial charge on any atom is 0.249 e. The Labute approximate surface area is 212 Å². The molecule has 2 N–H and O–H groups in total. The zero-order chi connectivity index (χ0) is 25.8. The van der Waals surface area contributed by atoms with Crippen LogP contribution in [0.25, 0.3) is 21.8 Å². The second kappa shape index (κ2) is 10.5. The van der Waals surface area contributed by atoms with E-state index in [1.807, 2.05) is 47.9 Å². The molecule has 0 aliphatic rings. The van der Waals surface area contributed by atoms with Gasteiger partial charge in [-0.2, -0.15) is 5.10 Å². The lowest BCUT2D eigenvalue weighted by Gasteiger charge is -2.10. The van der Waals surface area contributed by atoms with E-state index in [1.165, 1.54) is 24.5 Å². The first-order valence-electron chi connectivity index (χ1n) is 11.6. The Morgan fingerprint density at radius 3 is 2.81 bits per heavy atom. The van der Waals surface area contributed by atoms with E-state index in [0.29, 0.717) is 35.6 Å². The molecule has 5 aromatic rings. The average molecular weight is 497 g/mol. The lowest BCUT2D eigenvalue weighted by Crippen LogP contribution is -2.13. The van der Waals surface area contributed by atoms with Crippen LogP contribution in [0, 0.1) is 5.82 Å². The fourth-order valence-electron chi connectivity index (χ4n) is 3.90. The molecule has 186 valence electrons. The zero-order valence-electron chi connectivity index (χ0n) is 20.4. The molecule has 1 amide bonds. The molecule has 0 aliphatic heterocycles. The summed E-state index contributed by atoms with van der Waals surface area (Å²) in [6, 6.07) is 14.1. The number of pyridine rings is 1. The summed E-state index contributed by atoms with van der Waals surface area (Å²) in [5.41, 5.74) is 3.22. The second-order valence-corrected chi connectivity index (χ2v) is 8.79. The summed E-state index contributed by atoms with van der Waals surface area (Å²) in [4.78, 5) is 27.2. The SMILES string of the molecule is CN(C)C/C=C/C(=O)Nc1cc2c(Nc3ccc4c(cnn4Cc4cccc(F)c4)c3)ncnc2cn1. The van der Waals surface area contributed by atoms with E-state index in [2.05, 4.69) is 30.7 Å². The molecule has 0 saturated carbocycles. The highest BCUT2D eigenvalue weighted by Gasteiger charge is 2.10. The minimum atomic E-state index is -0.267. The number of aromatic nitrogens is 5. The molecule has 0 spiro atoms. The molecule has 0 radical (unpaired) electrons. The van der Waals surface area contributed by atoms with Crippen LogP contribution in [-0.2, 0) is 11.3 Å². The molecule has 0 aliphatic carbocycles. The van der Waals surface area contributed by atoms with Crippen molar-refractivity contribution in [2.24, 2.45) is 0 Å². The van der Waals surface area contributed by atoms with Gasteiger partial charge in [-0.25, -0.2) is 19.3 Å². The number of benzene rings is 2. The van der Waals surface area contributed by atoms with Crippen molar-refractivity contribution in [1.82, 2.24) is 29.6 Å². The van der Waals surface area contributed by atoms with Gasteiger partial charge in [0.15, 0.2) is 0 Å². The third-order valence-electron chi connectivity index (χ3n) is 5.64. The van der Waals surface area contributed by atoms with Crippen LogP contribution in [0.15, 0.2) is 79.4 Å². The number of likely N-dealkylation sites (N-methyl/N-ethyl adjacent to an activating group) is 1. The quantitative estimate of drug-likeness (QED) is 0.308. The number of rotatable bonds is 8. The maximum absolute atomic E-state index is 13.6. The molecule has 3 heterocycles. The smallest absolute Gasteiger partial charge is 0.249 e. The summed E-state index contributed by atoms with van der Waals surface area (Å²) in [5.74, 6) is 0.452. The van der Waals surface area contributed by atoms with Gasteiger partial charge in [0, 0.05) is 29.1 Å². The Morgan fingerprint density at radius 1 is 1.08 bits per heavy atom. The second-order valence-electron chi connectivity index (χ2n) is 8.79. The van der Waals surface area contributed by atoms with E-state index >= 15 is 0 Å². The third-order valence-corrected chi connectivity index (χ3v) is 5.64. The first kappa shape index (κ1) is 24.0. The summed E-state index contributed by atoms with van der Waals surface area (Å²) >= 11 is 0. The summed E-state index contributed by atoms with van der Waals surface area (Å²) in [5, 5.41) is 12.2. The normalized spacial score (nSPS) is 11.6. The minimum absolute atomic E-state index is 0.263. The highest BCUT2D eigenvalue weighted by atomic mass is 19.1. The molecular formula is C27H25FN8O. The average Bonchev–Trinajstić information content (AvgIpc) is 3.26. The summed E-state index contributed by atoms with van der Waals surface area (Å²) < 4.78 is 15.4. The first-order valence-corrected chi connectivity index (χ1v) is 11.6. The molecule has 0 saturated heterocycles. The molecule has 0 unspecified atom stereocenters. The Balaban J connectivity index is 1.36. The monoisotopic (exact) mass is 496 g/mol. The van der Waals surface area contributed by atoms with Gasteiger partial charge in [0.25, 0.3) is 0 Å². The molecule has 37 heavy (non-hydrogen) atoms. The predicted molar refractivity (Wildman–Crippen MR) is 142 cm³/mol. The van der Waals surface area contributed by atoms with Gasteiger partial charge in [0.05, 0.1) is 30.0 Å². The van der Waals surface area contributed by atoms with Crippen molar-refractivity contribution in [3.05, 3.63) is 90.8 Å². The fraction of sp³-hybridized carbons (Fsp3) is 0.148. The van der Waals surface area contributed by atoms with E-state index in [1.54, 1.807) is 30.6 Å². The van der Waals surface area contributed by atoms with E-state index in [4.69, 9.17) is 0 Å². The minimum Gasteiger partial charge on any atom is -0.340 e. The highest BCUT2D eigenvalue weighted by Crippen LogP contribution is 2.27. The summed E-state index contributed by atoms with van der Waals surface area (Å²) in [7, 11) is 3.86. The molecule has 3 aromatic heterocycles. The van der Waals surface area contributed by atoms with Crippen LogP contribution in [0.3, 0.4) is 0 Å². The molecule has 2 aromatic carbocycles. The highest BCUT2D eigenvalue weighted by molar-refractivity contribution is 6.00. The Hall–Kier alpha value is -4.70. The number of amides is 1. The van der Waals surface area contributed by atoms with Crippen LogP contribution < -0.4 is 10.6 Å². The number of hydrogen-bond donors (Lipinski definition) is 2. The van der Waals surface area contributed by atoms with Crippen LogP contribution in [0.4, 0.5) is 21.7 Å². The third kappa shape index (κ3) is 5.76. The van der Waals surface area contributed by atoms with Crippen molar-refractivity contribution in [2.75, 3.05) is 31.3 Å². The van der Waals surface area contributed by atoms with Crippen molar-refractivity contribution < 1.29 is 9.18 Å². The lowest BCUT2D eigenvalue weighted by molar-refractivity contribution is -0.111. The van der Waals surface area contributed by atoms with Crippen LogP contribution in [0.5, 0.6) is 0 Å². The van der Waals surface area contributed by atoms with E-state index in [-0.39, 0.29) is 11.7 Å². The number of hydrogen-bond acceptors (Lipinski definition) is 7. The Bertz CT molecular complexity index is 1610. The van der Waals surface area contributed by atoms with Gasteiger partial charge in [-0.15, -0.1) is 0 Å². The van der Waals surface area contributed by atoms with Crippen molar-refractivity contribution >= 4 is 45.0 Å². The molecular weight excluding hydrogens is 471 g/mol. The lowest BCUT2D eigenvalue weighted by atomic mass is 10.2. The van der Waals surface area contributed by atoms with Crippen LogP contribution >= 0.6 is 0 Å². The number of anilines is 3. The van der Waals surface area contributed by atoms with Gasteiger partial charge >= 0.3 is 0 Å². The Kier molecular flexibility index (Phi) is 6.82. The number of halogens is 1. The topological polar surface area (TPSA) is 101 Å². The van der Waals surface area contributed by atoms with Crippen LogP contribution in [0.1, 0.15) is 5.56 Å². The zero-order valence-corrected chi connectivity index (χ0v) is 20.4. The molecule has 0 atom stereocenters. The number of nitrogens with zero attached hydrogens (tertiary/aromatic N) is 6. The number of carbonyl (C=O) groups is 1.